The van der Waals surface area contributed by atoms with E-state index >= 15 is 0 Å². The molecule has 1 N–H and O–H groups in total. The number of benzene rings is 2. The number of aromatic nitrogens is 1. The Labute approximate surface area is 182 Å². The summed E-state index contributed by atoms with van der Waals surface area (Å²) in [5.74, 6) is -0.537. The number of nitrogens with zero attached hydrogens (tertiary/aromatic N) is 2. The SMILES string of the molecule is O=C(OCc1ccccc1)N1CC(O)(c2cc(Cl)nc(-c3ccc(F)c(Cl)c3)c2)C1. The quantitative estimate of drug-likeness (QED) is 0.570. The fourth-order valence-electron chi connectivity index (χ4n) is 3.28. The second kappa shape index (κ2) is 8.22. The van der Waals surface area contributed by atoms with E-state index in [2.05, 4.69) is 4.98 Å². The number of aliphatic hydroxyl groups is 1. The zero-order chi connectivity index (χ0) is 21.3. The van der Waals surface area contributed by atoms with E-state index in [1.807, 2.05) is 30.3 Å². The van der Waals surface area contributed by atoms with E-state index < -0.39 is 17.5 Å². The van der Waals surface area contributed by atoms with Gasteiger partial charge in [0.1, 0.15) is 23.2 Å². The Morgan fingerprint density at radius 2 is 1.87 bits per heavy atom. The van der Waals surface area contributed by atoms with Crippen molar-refractivity contribution in [3.8, 4) is 11.3 Å². The molecule has 8 heteroatoms. The van der Waals surface area contributed by atoms with Gasteiger partial charge in [-0.05, 0) is 41.5 Å². The van der Waals surface area contributed by atoms with Gasteiger partial charge in [-0.3, -0.25) is 0 Å². The summed E-state index contributed by atoms with van der Waals surface area (Å²) in [7, 11) is 0. The van der Waals surface area contributed by atoms with Gasteiger partial charge in [-0.2, -0.15) is 0 Å². The van der Waals surface area contributed by atoms with E-state index in [1.54, 1.807) is 12.1 Å². The lowest BCUT2D eigenvalue weighted by Crippen LogP contribution is -2.61. The van der Waals surface area contributed by atoms with Gasteiger partial charge in [0.15, 0.2) is 0 Å². The number of hydrogen-bond acceptors (Lipinski definition) is 4. The van der Waals surface area contributed by atoms with Crippen LogP contribution in [0.2, 0.25) is 10.2 Å². The second-order valence-electron chi connectivity index (χ2n) is 7.12. The van der Waals surface area contributed by atoms with Crippen LogP contribution in [0.5, 0.6) is 0 Å². The summed E-state index contributed by atoms with van der Waals surface area (Å²) >= 11 is 12.0. The molecular formula is C22H17Cl2FN2O3. The van der Waals surface area contributed by atoms with Crippen LogP contribution in [-0.4, -0.2) is 34.2 Å². The number of likely N-dealkylation sites (tertiary alicyclic amines) is 1. The highest BCUT2D eigenvalue weighted by Crippen LogP contribution is 2.36. The number of carbonyl (C=O) groups excluding carboxylic acids is 1. The Balaban J connectivity index is 1.46. The minimum absolute atomic E-state index is 0.0366. The molecule has 30 heavy (non-hydrogen) atoms. The molecule has 154 valence electrons. The second-order valence-corrected chi connectivity index (χ2v) is 7.91. The van der Waals surface area contributed by atoms with E-state index in [0.717, 1.165) is 5.56 Å². The average molecular weight is 447 g/mol. The molecule has 0 radical (unpaired) electrons. The first-order chi connectivity index (χ1) is 14.3. The number of halogens is 3. The number of carbonyl (C=O) groups is 1. The molecule has 2 aromatic carbocycles. The van der Waals surface area contributed by atoms with Gasteiger partial charge in [0.2, 0.25) is 0 Å². The Morgan fingerprint density at radius 3 is 2.57 bits per heavy atom. The number of ether oxygens (including phenoxy) is 1. The van der Waals surface area contributed by atoms with Crippen molar-refractivity contribution in [1.82, 2.24) is 9.88 Å². The van der Waals surface area contributed by atoms with E-state index in [1.165, 1.54) is 23.1 Å². The van der Waals surface area contributed by atoms with Gasteiger partial charge in [0.05, 0.1) is 23.8 Å². The highest BCUT2D eigenvalue weighted by Gasteiger charge is 2.46. The van der Waals surface area contributed by atoms with Gasteiger partial charge in [-0.15, -0.1) is 0 Å². The van der Waals surface area contributed by atoms with Gasteiger partial charge < -0.3 is 14.7 Å². The molecule has 1 aromatic heterocycles. The standard InChI is InChI=1S/C22H17Cl2FN2O3/c23-17-8-15(6-7-18(17)25)19-9-16(10-20(24)26-19)22(29)12-27(13-22)21(28)30-11-14-4-2-1-3-5-14/h1-10,29H,11-13H2. The third-order valence-corrected chi connectivity index (χ3v) is 5.40. The van der Waals surface area contributed by atoms with E-state index in [-0.39, 0.29) is 29.9 Å². The number of hydrogen-bond donors (Lipinski definition) is 1. The Kier molecular flexibility index (Phi) is 5.64. The first-order valence-corrected chi connectivity index (χ1v) is 9.91. The maximum Gasteiger partial charge on any atom is 0.410 e. The molecule has 1 fully saturated rings. The first-order valence-electron chi connectivity index (χ1n) is 9.15. The first kappa shape index (κ1) is 20.6. The number of rotatable bonds is 4. The largest absolute Gasteiger partial charge is 0.445 e. The Bertz CT molecular complexity index is 1090. The highest BCUT2D eigenvalue weighted by molar-refractivity contribution is 6.31. The third-order valence-electron chi connectivity index (χ3n) is 4.91. The molecule has 0 aliphatic carbocycles. The Morgan fingerprint density at radius 1 is 1.13 bits per heavy atom. The van der Waals surface area contributed by atoms with Crippen LogP contribution in [0.1, 0.15) is 11.1 Å². The molecule has 5 nitrogen and oxygen atoms in total. The van der Waals surface area contributed by atoms with Crippen LogP contribution >= 0.6 is 23.2 Å². The highest BCUT2D eigenvalue weighted by atomic mass is 35.5. The van der Waals surface area contributed by atoms with Crippen molar-refractivity contribution >= 4 is 29.3 Å². The zero-order valence-corrected chi connectivity index (χ0v) is 17.2. The van der Waals surface area contributed by atoms with Crippen molar-refractivity contribution < 1.29 is 19.0 Å². The maximum atomic E-state index is 13.4. The van der Waals surface area contributed by atoms with E-state index in [9.17, 15) is 14.3 Å². The van der Waals surface area contributed by atoms with Gasteiger partial charge in [0.25, 0.3) is 0 Å². The molecule has 1 amide bonds. The zero-order valence-electron chi connectivity index (χ0n) is 15.7. The number of amides is 1. The number of β-amino-alcohol motifs (C(OH)–C–C–N with tert-alkyl or cyclic N) is 1. The van der Waals surface area contributed by atoms with Crippen molar-refractivity contribution in [2.45, 2.75) is 12.2 Å². The van der Waals surface area contributed by atoms with Crippen molar-refractivity contribution in [3.05, 3.63) is 87.8 Å². The van der Waals surface area contributed by atoms with Crippen LogP contribution in [0.3, 0.4) is 0 Å². The molecular weight excluding hydrogens is 430 g/mol. The summed E-state index contributed by atoms with van der Waals surface area (Å²) in [6, 6.07) is 16.8. The molecule has 1 saturated heterocycles. The van der Waals surface area contributed by atoms with Crippen LogP contribution in [0, 0.1) is 5.82 Å². The summed E-state index contributed by atoms with van der Waals surface area (Å²) in [6.45, 7) is 0.278. The molecule has 1 aliphatic heterocycles. The minimum Gasteiger partial charge on any atom is -0.445 e. The van der Waals surface area contributed by atoms with Crippen LogP contribution in [0.4, 0.5) is 9.18 Å². The summed E-state index contributed by atoms with van der Waals surface area (Å²) in [5, 5.41) is 11.1. The molecule has 0 unspecified atom stereocenters. The van der Waals surface area contributed by atoms with Gasteiger partial charge in [0, 0.05) is 5.56 Å². The number of pyridine rings is 1. The topological polar surface area (TPSA) is 62.7 Å². The van der Waals surface area contributed by atoms with Crippen molar-refractivity contribution in [1.29, 1.82) is 0 Å². The lowest BCUT2D eigenvalue weighted by atomic mass is 9.86. The maximum absolute atomic E-state index is 13.4. The minimum atomic E-state index is -1.28. The van der Waals surface area contributed by atoms with Crippen LogP contribution < -0.4 is 0 Å². The molecule has 0 atom stereocenters. The monoisotopic (exact) mass is 446 g/mol. The van der Waals surface area contributed by atoms with E-state index in [0.29, 0.717) is 16.8 Å². The van der Waals surface area contributed by atoms with E-state index in [4.69, 9.17) is 27.9 Å². The molecule has 3 aromatic rings. The van der Waals surface area contributed by atoms with Gasteiger partial charge in [-0.25, -0.2) is 14.2 Å². The molecule has 0 spiro atoms. The van der Waals surface area contributed by atoms with Crippen LogP contribution in [0.25, 0.3) is 11.3 Å². The van der Waals surface area contributed by atoms with Crippen molar-refractivity contribution in [2.75, 3.05) is 13.1 Å². The smallest absolute Gasteiger partial charge is 0.410 e. The average Bonchev–Trinajstić information content (AvgIpc) is 2.72. The summed E-state index contributed by atoms with van der Waals surface area (Å²) < 4.78 is 18.7. The molecule has 0 bridgehead atoms. The van der Waals surface area contributed by atoms with Crippen LogP contribution in [0.15, 0.2) is 60.7 Å². The van der Waals surface area contributed by atoms with Crippen molar-refractivity contribution in [2.24, 2.45) is 0 Å². The summed E-state index contributed by atoms with van der Waals surface area (Å²) in [6.07, 6.45) is -0.505. The normalized spacial score (nSPS) is 14.9. The fourth-order valence-corrected chi connectivity index (χ4v) is 3.67. The molecule has 0 saturated carbocycles. The lowest BCUT2D eigenvalue weighted by molar-refractivity contribution is -0.0949. The summed E-state index contributed by atoms with van der Waals surface area (Å²) in [4.78, 5) is 17.9. The van der Waals surface area contributed by atoms with Crippen LogP contribution in [-0.2, 0) is 16.9 Å². The predicted molar refractivity (Wildman–Crippen MR) is 112 cm³/mol. The predicted octanol–water partition coefficient (Wildman–Crippen LogP) is 5.03. The molecule has 4 rings (SSSR count). The molecule has 2 heterocycles. The summed E-state index contributed by atoms with van der Waals surface area (Å²) in [5.41, 5.74) is 1.11. The lowest BCUT2D eigenvalue weighted by Gasteiger charge is -2.45. The van der Waals surface area contributed by atoms with Gasteiger partial charge in [-0.1, -0.05) is 53.5 Å². The fraction of sp³-hybridized carbons (Fsp3) is 0.182. The Hall–Kier alpha value is -2.67. The molecule has 1 aliphatic rings. The third kappa shape index (κ3) is 4.26. The van der Waals surface area contributed by atoms with Gasteiger partial charge >= 0.3 is 6.09 Å². The van der Waals surface area contributed by atoms with Crippen molar-refractivity contribution in [3.63, 3.8) is 0 Å².